The molecule has 2 unspecified atom stereocenters. The van der Waals surface area contributed by atoms with Gasteiger partial charge in [-0.05, 0) is 45.1 Å². The Morgan fingerprint density at radius 2 is 1.65 bits per heavy atom. The number of nitrogens with one attached hydrogen (secondary N) is 2. The summed E-state index contributed by atoms with van der Waals surface area (Å²) in [4.78, 5) is 68.7. The van der Waals surface area contributed by atoms with Gasteiger partial charge in [-0.3, -0.25) is 14.1 Å². The normalized spacial score (nSPS) is 18.7. The van der Waals surface area contributed by atoms with Gasteiger partial charge in [-0.25, -0.2) is 23.7 Å². The first-order valence-electron chi connectivity index (χ1n) is 15.4. The van der Waals surface area contributed by atoms with Crippen LogP contribution in [0.5, 0.6) is 0 Å². The molecule has 20 nitrogen and oxygen atoms in total. The molecule has 0 aliphatic carbocycles. The van der Waals surface area contributed by atoms with E-state index in [0.717, 1.165) is 32.1 Å². The van der Waals surface area contributed by atoms with Crippen molar-refractivity contribution in [3.63, 3.8) is 0 Å². The lowest BCUT2D eigenvalue weighted by Crippen LogP contribution is -2.24. The second-order valence-corrected chi connectivity index (χ2v) is 15.3. The molecular weight excluding hydrogens is 711 g/mol. The second kappa shape index (κ2) is 19.0. The Hall–Kier alpha value is -2.75. The Morgan fingerprint density at radius 3 is 2.35 bits per heavy atom. The molecule has 1 saturated heterocycles. The molecule has 49 heavy (non-hydrogen) atoms. The van der Waals surface area contributed by atoms with E-state index >= 15 is 0 Å². The summed E-state index contributed by atoms with van der Waals surface area (Å²) in [6, 6.07) is 0. The molecule has 274 valence electrons. The van der Waals surface area contributed by atoms with Crippen LogP contribution in [0.4, 0.5) is 5.82 Å². The topological polar surface area (TPSA) is 310 Å². The van der Waals surface area contributed by atoms with Crippen LogP contribution in [-0.2, 0) is 41.2 Å². The van der Waals surface area contributed by atoms with Gasteiger partial charge < -0.3 is 51.0 Å². The highest BCUT2D eigenvalue weighted by atomic mass is 31.3. The summed E-state index contributed by atoms with van der Waals surface area (Å²) in [7, 11) is -16.5. The Kier molecular flexibility index (Phi) is 15.8. The maximum absolute atomic E-state index is 12.2. The first kappa shape index (κ1) is 40.7. The van der Waals surface area contributed by atoms with E-state index in [4.69, 9.17) is 26.0 Å². The molecule has 2 amide bonds. The van der Waals surface area contributed by atoms with Crippen molar-refractivity contribution >= 4 is 52.1 Å². The Balaban J connectivity index is 1.47. The van der Waals surface area contributed by atoms with Crippen LogP contribution >= 0.6 is 23.5 Å². The number of ether oxygens (including phenoxy) is 1. The fraction of sp³-hybridized carbons (Fsp3) is 0.615. The van der Waals surface area contributed by atoms with Crippen LogP contribution in [0.2, 0.25) is 0 Å². The summed E-state index contributed by atoms with van der Waals surface area (Å²) < 4.78 is 54.0. The molecule has 10 N–H and O–H groups in total. The maximum atomic E-state index is 12.2. The largest absolute Gasteiger partial charge is 0.490 e. The highest BCUT2D eigenvalue weighted by molar-refractivity contribution is 7.66. The zero-order valence-corrected chi connectivity index (χ0v) is 29.2. The zero-order valence-electron chi connectivity index (χ0n) is 26.5. The van der Waals surface area contributed by atoms with E-state index in [9.17, 15) is 33.1 Å². The Bertz CT molecular complexity index is 1640. The average Bonchev–Trinajstić information content (AvgIpc) is 3.62. The second-order valence-electron chi connectivity index (χ2n) is 10.9. The molecule has 0 saturated carbocycles. The van der Waals surface area contributed by atoms with Gasteiger partial charge >= 0.3 is 23.5 Å². The predicted molar refractivity (Wildman–Crippen MR) is 174 cm³/mol. The Labute approximate surface area is 282 Å². The van der Waals surface area contributed by atoms with Crippen LogP contribution in [0.3, 0.4) is 0 Å². The molecule has 1 fully saturated rings. The van der Waals surface area contributed by atoms with Crippen molar-refractivity contribution in [1.82, 2.24) is 25.2 Å². The van der Waals surface area contributed by atoms with Gasteiger partial charge in [0.25, 0.3) is 0 Å². The molecule has 2 aromatic rings. The lowest BCUT2D eigenvalue weighted by Gasteiger charge is -2.19. The molecular formula is C26H42N7O13P3. The number of aromatic nitrogens is 3. The van der Waals surface area contributed by atoms with Crippen LogP contribution < -0.4 is 22.1 Å². The van der Waals surface area contributed by atoms with Crippen molar-refractivity contribution in [2.45, 2.75) is 76.5 Å². The van der Waals surface area contributed by atoms with Gasteiger partial charge in [0.2, 0.25) is 11.8 Å². The maximum Gasteiger partial charge on any atom is 0.490 e. The standard InChI is InChI=1S/C26H42N7O13P3/c27-13-5-1-3-9-21(34)29-14-6-2-4-10-22(35)30-15-7-8-19-16-33(26-24(19)25(28)31-18-32-26)23-12-11-20(44-23)17-43-48(39,40)46-49(41,42)45-47(36,37)38/h16,18,20,23H,1-6,9-15,17,27H2,(H,29,34)(H,30,35)(H,39,40)(H,41,42)(H2,28,31,32)(H2,36,37,38)/t20-,23+/m0/s1. The number of anilines is 1. The first-order valence-corrected chi connectivity index (χ1v) is 19.9. The molecule has 1 aliphatic rings. The van der Waals surface area contributed by atoms with Crippen molar-refractivity contribution in [3.8, 4) is 11.8 Å². The van der Waals surface area contributed by atoms with Crippen molar-refractivity contribution in [1.29, 1.82) is 0 Å². The predicted octanol–water partition coefficient (Wildman–Crippen LogP) is 1.70. The van der Waals surface area contributed by atoms with Gasteiger partial charge in [-0.2, -0.15) is 8.62 Å². The molecule has 1 aliphatic heterocycles. The number of nitrogen functional groups attached to an aromatic ring is 1. The molecule has 2 aromatic heterocycles. The van der Waals surface area contributed by atoms with Crippen molar-refractivity contribution in [2.75, 3.05) is 32.0 Å². The van der Waals surface area contributed by atoms with E-state index in [1.807, 2.05) is 0 Å². The minimum atomic E-state index is -5.64. The van der Waals surface area contributed by atoms with Gasteiger partial charge in [0.05, 0.1) is 30.2 Å². The number of phosphoric ester groups is 1. The van der Waals surface area contributed by atoms with Gasteiger partial charge in [0, 0.05) is 25.6 Å². The van der Waals surface area contributed by atoms with Crippen LogP contribution in [0.25, 0.3) is 11.0 Å². The molecule has 0 aromatic carbocycles. The number of phosphoric acid groups is 3. The van der Waals surface area contributed by atoms with E-state index < -0.39 is 42.4 Å². The number of hydrogen-bond donors (Lipinski definition) is 8. The number of fused-ring (bicyclic) bond motifs is 1. The molecule has 3 rings (SSSR count). The highest BCUT2D eigenvalue weighted by Gasteiger charge is 2.41. The third-order valence-electron chi connectivity index (χ3n) is 6.98. The molecule has 23 heteroatoms. The fourth-order valence-electron chi connectivity index (χ4n) is 4.80. The third kappa shape index (κ3) is 14.6. The summed E-state index contributed by atoms with van der Waals surface area (Å²) in [6.07, 6.45) is 7.82. The first-order chi connectivity index (χ1) is 23.1. The third-order valence-corrected chi connectivity index (χ3v) is 10.8. The van der Waals surface area contributed by atoms with Gasteiger partial charge in [0.1, 0.15) is 24.0 Å². The van der Waals surface area contributed by atoms with Crippen LogP contribution in [0, 0.1) is 11.8 Å². The quantitative estimate of drug-likeness (QED) is 0.0542. The van der Waals surface area contributed by atoms with Crippen LogP contribution in [-0.4, -0.2) is 78.3 Å². The monoisotopic (exact) mass is 753 g/mol. The smallest absolute Gasteiger partial charge is 0.383 e. The molecule has 0 spiro atoms. The van der Waals surface area contributed by atoms with Crippen molar-refractivity contribution in [2.24, 2.45) is 5.73 Å². The van der Waals surface area contributed by atoms with Crippen molar-refractivity contribution in [3.05, 3.63) is 18.1 Å². The number of carbonyl (C=O) groups excluding carboxylic acids is 2. The van der Waals surface area contributed by atoms with E-state index in [1.165, 1.54) is 6.33 Å². The molecule has 0 radical (unpaired) electrons. The lowest BCUT2D eigenvalue weighted by molar-refractivity contribution is -0.122. The van der Waals surface area contributed by atoms with Gasteiger partial charge in [-0.15, -0.1) is 0 Å². The number of unbranched alkanes of at least 4 members (excludes halogenated alkanes) is 4. The summed E-state index contributed by atoms with van der Waals surface area (Å²) >= 11 is 0. The van der Waals surface area contributed by atoms with Crippen LogP contribution in [0.15, 0.2) is 12.5 Å². The molecule has 0 bridgehead atoms. The fourth-order valence-corrected chi connectivity index (χ4v) is 7.85. The lowest BCUT2D eigenvalue weighted by atomic mass is 10.1. The summed E-state index contributed by atoms with van der Waals surface area (Å²) in [5.74, 6) is 5.86. The summed E-state index contributed by atoms with van der Waals surface area (Å²) in [5, 5.41) is 6.07. The van der Waals surface area contributed by atoms with E-state index in [0.29, 0.717) is 61.8 Å². The molecule has 3 heterocycles. The van der Waals surface area contributed by atoms with Gasteiger partial charge in [-0.1, -0.05) is 24.7 Å². The summed E-state index contributed by atoms with van der Waals surface area (Å²) in [6.45, 7) is 0.679. The average molecular weight is 754 g/mol. The van der Waals surface area contributed by atoms with Gasteiger partial charge in [0.15, 0.2) is 0 Å². The molecule has 4 atom stereocenters. The highest BCUT2D eigenvalue weighted by Crippen LogP contribution is 2.66. The van der Waals surface area contributed by atoms with Crippen LogP contribution in [0.1, 0.15) is 76.0 Å². The number of rotatable bonds is 20. The minimum absolute atomic E-state index is 0.0254. The van der Waals surface area contributed by atoms with E-state index in [-0.39, 0.29) is 24.2 Å². The van der Waals surface area contributed by atoms with E-state index in [1.54, 1.807) is 10.8 Å². The zero-order chi connectivity index (χ0) is 36.1. The number of amides is 2. The Morgan fingerprint density at radius 1 is 0.959 bits per heavy atom. The van der Waals surface area contributed by atoms with E-state index in [2.05, 4.69) is 45.6 Å². The number of carbonyl (C=O) groups is 2. The number of nitrogens with two attached hydrogens (primary N) is 2. The minimum Gasteiger partial charge on any atom is -0.383 e. The van der Waals surface area contributed by atoms with Crippen molar-refractivity contribution < 1.29 is 60.7 Å². The number of nitrogens with zero attached hydrogens (tertiary/aromatic N) is 3. The summed E-state index contributed by atoms with van der Waals surface area (Å²) in [5.41, 5.74) is 12.4. The SMILES string of the molecule is NCCCCCC(=O)NCCCCCC(=O)NCC#Cc1cn([C@H]2CC[C@@H](COP(=O)(O)OP(=O)(O)OP(=O)(O)O)O2)c2ncnc(N)c12. The number of hydrogen-bond acceptors (Lipinski definition) is 13.